The highest BCUT2D eigenvalue weighted by Gasteiger charge is 2.38. The van der Waals surface area contributed by atoms with Gasteiger partial charge in [-0.2, -0.15) is 4.52 Å². The quantitative estimate of drug-likeness (QED) is 0.764. The molecule has 5 rings (SSSR count). The summed E-state index contributed by atoms with van der Waals surface area (Å²) in [7, 11) is 0. The first-order chi connectivity index (χ1) is 12.8. The fourth-order valence-corrected chi connectivity index (χ4v) is 4.10. The number of hydrogen-bond donors (Lipinski definition) is 1. The topological polar surface area (TPSA) is 64.3 Å². The van der Waals surface area contributed by atoms with E-state index in [0.717, 1.165) is 43.3 Å². The number of hydrogen-bond acceptors (Lipinski definition) is 5. The van der Waals surface area contributed by atoms with E-state index in [0.29, 0.717) is 0 Å². The molecular formula is C20H23N5O. The first-order valence-electron chi connectivity index (χ1n) is 9.47. The molecule has 1 aromatic carbocycles. The van der Waals surface area contributed by atoms with Crippen molar-refractivity contribution in [3.8, 4) is 0 Å². The molecule has 6 heteroatoms. The molecule has 0 amide bonds. The summed E-state index contributed by atoms with van der Waals surface area (Å²) in [6.45, 7) is 1.68. The lowest BCUT2D eigenvalue weighted by molar-refractivity contribution is 0.103. The van der Waals surface area contributed by atoms with Crippen LogP contribution >= 0.6 is 0 Å². The molecule has 3 heterocycles. The molecule has 1 aliphatic heterocycles. The molecule has 134 valence electrons. The van der Waals surface area contributed by atoms with Crippen LogP contribution in [0.5, 0.6) is 0 Å². The van der Waals surface area contributed by atoms with Crippen molar-refractivity contribution in [2.45, 2.75) is 43.6 Å². The normalized spacial score (nSPS) is 21.6. The second-order valence-electron chi connectivity index (χ2n) is 7.40. The minimum absolute atomic E-state index is 0.00930. The first-order valence-corrected chi connectivity index (χ1v) is 9.47. The average molecular weight is 349 g/mol. The molecule has 1 unspecified atom stereocenters. The molecular weight excluding hydrogens is 326 g/mol. The number of aromatic nitrogens is 4. The van der Waals surface area contributed by atoms with Crippen LogP contribution in [0, 0.1) is 0 Å². The molecule has 1 saturated heterocycles. The van der Waals surface area contributed by atoms with Gasteiger partial charge in [-0.3, -0.25) is 0 Å². The maximum Gasteiger partial charge on any atom is 0.183 e. The van der Waals surface area contributed by atoms with E-state index in [1.165, 1.54) is 24.8 Å². The Hall–Kier alpha value is -2.47. The maximum absolute atomic E-state index is 5.76. The lowest BCUT2D eigenvalue weighted by atomic mass is 9.64. The van der Waals surface area contributed by atoms with Gasteiger partial charge >= 0.3 is 0 Å². The number of anilines is 1. The molecule has 0 bridgehead atoms. The van der Waals surface area contributed by atoms with Crippen LogP contribution in [-0.2, 0) is 10.2 Å². The van der Waals surface area contributed by atoms with E-state index in [-0.39, 0.29) is 11.5 Å². The molecule has 0 radical (unpaired) electrons. The highest BCUT2D eigenvalue weighted by atomic mass is 16.5. The third-order valence-electron chi connectivity index (χ3n) is 5.81. The molecule has 26 heavy (non-hydrogen) atoms. The molecule has 6 nitrogen and oxygen atoms in total. The Morgan fingerprint density at radius 3 is 2.69 bits per heavy atom. The molecule has 1 saturated carbocycles. The Bertz CT molecular complexity index is 897. The largest absolute Gasteiger partial charge is 0.370 e. The predicted octanol–water partition coefficient (Wildman–Crippen LogP) is 3.51. The smallest absolute Gasteiger partial charge is 0.183 e. The summed E-state index contributed by atoms with van der Waals surface area (Å²) in [5.74, 6) is 1.67. The zero-order chi connectivity index (χ0) is 17.4. The van der Waals surface area contributed by atoms with Gasteiger partial charge in [0, 0.05) is 18.6 Å². The van der Waals surface area contributed by atoms with Crippen LogP contribution in [0.25, 0.3) is 5.65 Å². The Kier molecular flexibility index (Phi) is 3.85. The number of rotatable bonds is 5. The summed E-state index contributed by atoms with van der Waals surface area (Å²) in [5, 5.41) is 16.8. The fraction of sp³-hybridized carbons (Fsp3) is 0.450. The summed E-state index contributed by atoms with van der Waals surface area (Å²) in [5.41, 5.74) is 2.41. The van der Waals surface area contributed by atoms with Gasteiger partial charge in [0.15, 0.2) is 11.5 Å². The molecule has 2 aliphatic rings. The van der Waals surface area contributed by atoms with Crippen LogP contribution in [0.4, 0.5) is 5.82 Å². The van der Waals surface area contributed by atoms with Crippen LogP contribution in [0.3, 0.4) is 0 Å². The SMILES string of the molecule is c1ccc(C2(CNc3ccc4nnc(C5CCCO5)n4n3)CCC2)cc1. The average Bonchev–Trinajstić information content (AvgIpc) is 3.31. The van der Waals surface area contributed by atoms with Gasteiger partial charge in [0.25, 0.3) is 0 Å². The Labute approximate surface area is 152 Å². The molecule has 2 aromatic heterocycles. The van der Waals surface area contributed by atoms with Gasteiger partial charge in [0.05, 0.1) is 0 Å². The van der Waals surface area contributed by atoms with Crippen LogP contribution < -0.4 is 5.32 Å². The van der Waals surface area contributed by atoms with Crippen LogP contribution in [0.1, 0.15) is 49.6 Å². The van der Waals surface area contributed by atoms with Gasteiger partial charge in [0.1, 0.15) is 11.9 Å². The first kappa shape index (κ1) is 15.8. The van der Waals surface area contributed by atoms with Gasteiger partial charge in [-0.15, -0.1) is 15.3 Å². The van der Waals surface area contributed by atoms with Gasteiger partial charge in [-0.1, -0.05) is 36.8 Å². The summed E-state index contributed by atoms with van der Waals surface area (Å²) in [6.07, 6.45) is 5.79. The summed E-state index contributed by atoms with van der Waals surface area (Å²) in [6, 6.07) is 14.8. The van der Waals surface area contributed by atoms with Crippen molar-refractivity contribution in [1.82, 2.24) is 19.8 Å². The molecule has 1 N–H and O–H groups in total. The number of benzene rings is 1. The zero-order valence-electron chi connectivity index (χ0n) is 14.8. The van der Waals surface area contributed by atoms with E-state index in [9.17, 15) is 0 Å². The van der Waals surface area contributed by atoms with Crippen molar-refractivity contribution in [2.24, 2.45) is 0 Å². The minimum Gasteiger partial charge on any atom is -0.370 e. The Morgan fingerprint density at radius 1 is 1.08 bits per heavy atom. The summed E-state index contributed by atoms with van der Waals surface area (Å²) < 4.78 is 7.59. The van der Waals surface area contributed by atoms with E-state index < -0.39 is 0 Å². The van der Waals surface area contributed by atoms with E-state index >= 15 is 0 Å². The van der Waals surface area contributed by atoms with Crippen molar-refractivity contribution in [3.63, 3.8) is 0 Å². The van der Waals surface area contributed by atoms with Crippen molar-refractivity contribution in [2.75, 3.05) is 18.5 Å². The second kappa shape index (κ2) is 6.36. The minimum atomic E-state index is 0.00930. The van der Waals surface area contributed by atoms with Crippen LogP contribution in [-0.4, -0.2) is 33.0 Å². The monoisotopic (exact) mass is 349 g/mol. The predicted molar refractivity (Wildman–Crippen MR) is 99.2 cm³/mol. The fourth-order valence-electron chi connectivity index (χ4n) is 4.10. The molecule has 2 fully saturated rings. The number of nitrogens with zero attached hydrogens (tertiary/aromatic N) is 4. The lowest BCUT2D eigenvalue weighted by Gasteiger charge is -2.42. The third-order valence-corrected chi connectivity index (χ3v) is 5.81. The Balaban J connectivity index is 1.38. The van der Waals surface area contributed by atoms with Gasteiger partial charge in [-0.05, 0) is 43.4 Å². The van der Waals surface area contributed by atoms with Gasteiger partial charge < -0.3 is 10.1 Å². The Morgan fingerprint density at radius 2 is 1.96 bits per heavy atom. The maximum atomic E-state index is 5.76. The van der Waals surface area contributed by atoms with E-state index in [1.807, 2.05) is 16.6 Å². The highest BCUT2D eigenvalue weighted by Crippen LogP contribution is 2.43. The van der Waals surface area contributed by atoms with Crippen molar-refractivity contribution in [1.29, 1.82) is 0 Å². The van der Waals surface area contributed by atoms with E-state index in [1.54, 1.807) is 0 Å². The molecule has 0 spiro atoms. The van der Waals surface area contributed by atoms with Crippen molar-refractivity contribution < 1.29 is 4.74 Å². The van der Waals surface area contributed by atoms with Crippen LogP contribution in [0.2, 0.25) is 0 Å². The molecule has 3 aromatic rings. The summed E-state index contributed by atoms with van der Waals surface area (Å²) >= 11 is 0. The third kappa shape index (κ3) is 2.65. The van der Waals surface area contributed by atoms with Crippen molar-refractivity contribution in [3.05, 3.63) is 53.9 Å². The standard InChI is InChI=1S/C20H23N5O/c1-2-6-15(7-3-1)20(11-5-12-20)14-21-17-9-10-18-22-23-19(25(18)24-17)16-8-4-13-26-16/h1-3,6-7,9-10,16H,4-5,8,11-14H2,(H,21,24). The second-order valence-corrected chi connectivity index (χ2v) is 7.40. The lowest BCUT2D eigenvalue weighted by Crippen LogP contribution is -2.41. The summed E-state index contributed by atoms with van der Waals surface area (Å²) in [4.78, 5) is 0. The number of fused-ring (bicyclic) bond motifs is 1. The van der Waals surface area contributed by atoms with Gasteiger partial charge in [-0.25, -0.2) is 0 Å². The van der Waals surface area contributed by atoms with E-state index in [4.69, 9.17) is 9.84 Å². The van der Waals surface area contributed by atoms with Crippen molar-refractivity contribution >= 4 is 11.5 Å². The van der Waals surface area contributed by atoms with E-state index in [2.05, 4.69) is 45.8 Å². The number of ether oxygens (including phenoxy) is 1. The highest BCUT2D eigenvalue weighted by molar-refractivity contribution is 5.45. The van der Waals surface area contributed by atoms with Gasteiger partial charge in [0.2, 0.25) is 0 Å². The van der Waals surface area contributed by atoms with Crippen LogP contribution in [0.15, 0.2) is 42.5 Å². The zero-order valence-corrected chi connectivity index (χ0v) is 14.8. The number of nitrogens with one attached hydrogen (secondary N) is 1. The molecule has 1 aliphatic carbocycles. The molecule has 1 atom stereocenters.